The highest BCUT2D eigenvalue weighted by atomic mass is 16.5. The van der Waals surface area contributed by atoms with Crippen LogP contribution in [-0.4, -0.2) is 61.2 Å². The number of benzene rings is 2. The van der Waals surface area contributed by atoms with Gasteiger partial charge in [-0.1, -0.05) is 18.2 Å². The van der Waals surface area contributed by atoms with Crippen molar-refractivity contribution in [2.24, 2.45) is 0 Å². The molecule has 4 rings (SSSR count). The third kappa shape index (κ3) is 5.01. The molecule has 1 aliphatic rings. The lowest BCUT2D eigenvalue weighted by atomic mass is 9.92. The molecule has 1 fully saturated rings. The average molecular weight is 459 g/mol. The fourth-order valence-corrected chi connectivity index (χ4v) is 4.80. The molecule has 0 atom stereocenters. The lowest BCUT2D eigenvalue weighted by Gasteiger charge is -2.25. The number of nitriles is 1. The Kier molecular flexibility index (Phi) is 7.66. The fourth-order valence-electron chi connectivity index (χ4n) is 4.80. The first kappa shape index (κ1) is 24.0. The standard InChI is InChI=1S/C28H34N4O2/c1-5-33-25-16-21(18-29)17-26(34-6-2)28(25)27-20(3)22-10-7-8-11-23(22)30-24(27)19-32-13-9-12-31(4)14-15-32/h7-8,10-11,16-17H,5-6,9,12-15,19H2,1-4H3. The zero-order chi connectivity index (χ0) is 24.1. The number of rotatable bonds is 7. The summed E-state index contributed by atoms with van der Waals surface area (Å²) in [7, 11) is 2.19. The number of hydrogen-bond acceptors (Lipinski definition) is 6. The SMILES string of the molecule is CCOc1cc(C#N)cc(OCC)c1-c1c(CN2CCCN(C)CC2)nc2ccccc2c1C. The molecule has 0 bridgehead atoms. The predicted octanol–water partition coefficient (Wildman–Crippen LogP) is 5.02. The van der Waals surface area contributed by atoms with Crippen LogP contribution in [0.4, 0.5) is 0 Å². The summed E-state index contributed by atoms with van der Waals surface area (Å²) < 4.78 is 12.2. The molecule has 0 aliphatic carbocycles. The molecule has 0 radical (unpaired) electrons. The van der Waals surface area contributed by atoms with Gasteiger partial charge in [0, 0.05) is 30.6 Å². The minimum atomic E-state index is 0.501. The summed E-state index contributed by atoms with van der Waals surface area (Å²) in [5, 5.41) is 10.7. The molecule has 2 heterocycles. The second kappa shape index (κ2) is 10.9. The Morgan fingerprint density at radius 2 is 1.68 bits per heavy atom. The molecule has 6 nitrogen and oxygen atoms in total. The second-order valence-electron chi connectivity index (χ2n) is 8.83. The van der Waals surface area contributed by atoms with E-state index < -0.39 is 0 Å². The van der Waals surface area contributed by atoms with Crippen molar-refractivity contribution in [2.45, 2.75) is 33.7 Å². The highest BCUT2D eigenvalue weighted by molar-refractivity contribution is 5.92. The van der Waals surface area contributed by atoms with E-state index in [2.05, 4.69) is 48.0 Å². The molecule has 0 N–H and O–H groups in total. The van der Waals surface area contributed by atoms with E-state index >= 15 is 0 Å². The number of aryl methyl sites for hydroxylation is 1. The molecule has 178 valence electrons. The molecule has 3 aromatic rings. The summed E-state index contributed by atoms with van der Waals surface area (Å²) >= 11 is 0. The summed E-state index contributed by atoms with van der Waals surface area (Å²) in [5.41, 5.74) is 5.63. The van der Waals surface area contributed by atoms with Crippen LogP contribution in [0.25, 0.3) is 22.0 Å². The van der Waals surface area contributed by atoms with Gasteiger partial charge in [-0.05, 0) is 71.1 Å². The van der Waals surface area contributed by atoms with Gasteiger partial charge in [-0.15, -0.1) is 0 Å². The number of likely N-dealkylation sites (N-methyl/N-ethyl adjacent to an activating group) is 1. The van der Waals surface area contributed by atoms with Crippen LogP contribution in [0.1, 0.15) is 37.1 Å². The van der Waals surface area contributed by atoms with Crippen molar-refractivity contribution in [3.05, 3.63) is 53.2 Å². The van der Waals surface area contributed by atoms with E-state index in [9.17, 15) is 5.26 Å². The van der Waals surface area contributed by atoms with Crippen LogP contribution in [0.15, 0.2) is 36.4 Å². The molecule has 1 aliphatic heterocycles. The van der Waals surface area contributed by atoms with Gasteiger partial charge in [0.2, 0.25) is 0 Å². The van der Waals surface area contributed by atoms with Crippen LogP contribution in [0, 0.1) is 18.3 Å². The Morgan fingerprint density at radius 3 is 2.35 bits per heavy atom. The van der Waals surface area contributed by atoms with Crippen molar-refractivity contribution in [1.29, 1.82) is 5.26 Å². The minimum Gasteiger partial charge on any atom is -0.493 e. The van der Waals surface area contributed by atoms with Crippen LogP contribution in [0.2, 0.25) is 0 Å². The Labute approximate surface area is 202 Å². The Hall–Kier alpha value is -3.14. The first-order valence-electron chi connectivity index (χ1n) is 12.2. The number of pyridine rings is 1. The molecular formula is C28H34N4O2. The van der Waals surface area contributed by atoms with Gasteiger partial charge < -0.3 is 14.4 Å². The Bertz CT molecular complexity index is 1170. The minimum absolute atomic E-state index is 0.501. The first-order valence-corrected chi connectivity index (χ1v) is 12.2. The highest BCUT2D eigenvalue weighted by Gasteiger charge is 2.24. The molecule has 1 saturated heterocycles. The third-order valence-corrected chi connectivity index (χ3v) is 6.46. The fraction of sp³-hybridized carbons (Fsp3) is 0.429. The summed E-state index contributed by atoms with van der Waals surface area (Å²) in [4.78, 5) is 10.1. The van der Waals surface area contributed by atoms with Crippen molar-refractivity contribution in [3.63, 3.8) is 0 Å². The predicted molar refractivity (Wildman–Crippen MR) is 136 cm³/mol. The van der Waals surface area contributed by atoms with Crippen LogP contribution >= 0.6 is 0 Å². The summed E-state index contributed by atoms with van der Waals surface area (Å²) in [5.74, 6) is 1.34. The molecule has 1 aromatic heterocycles. The largest absolute Gasteiger partial charge is 0.493 e. The number of nitrogens with zero attached hydrogens (tertiary/aromatic N) is 4. The van der Waals surface area contributed by atoms with Crippen LogP contribution in [0.5, 0.6) is 11.5 Å². The number of hydrogen-bond donors (Lipinski definition) is 0. The normalized spacial score (nSPS) is 15.1. The molecule has 0 spiro atoms. The lowest BCUT2D eigenvalue weighted by Crippen LogP contribution is -2.29. The van der Waals surface area contributed by atoms with Crippen molar-refractivity contribution >= 4 is 10.9 Å². The number of aromatic nitrogens is 1. The van der Waals surface area contributed by atoms with E-state index in [0.717, 1.165) is 72.4 Å². The van der Waals surface area contributed by atoms with E-state index in [-0.39, 0.29) is 0 Å². The van der Waals surface area contributed by atoms with E-state index in [4.69, 9.17) is 14.5 Å². The van der Waals surface area contributed by atoms with Crippen molar-refractivity contribution in [1.82, 2.24) is 14.8 Å². The van der Waals surface area contributed by atoms with Crippen molar-refractivity contribution in [2.75, 3.05) is 46.4 Å². The highest BCUT2D eigenvalue weighted by Crippen LogP contribution is 2.44. The van der Waals surface area contributed by atoms with Crippen LogP contribution in [-0.2, 0) is 6.54 Å². The lowest BCUT2D eigenvalue weighted by molar-refractivity contribution is 0.267. The molecular weight excluding hydrogens is 424 g/mol. The van der Waals surface area contributed by atoms with Crippen LogP contribution in [0.3, 0.4) is 0 Å². The van der Waals surface area contributed by atoms with E-state index in [1.165, 1.54) is 0 Å². The van der Waals surface area contributed by atoms with Crippen molar-refractivity contribution < 1.29 is 9.47 Å². The Morgan fingerprint density at radius 1 is 0.971 bits per heavy atom. The smallest absolute Gasteiger partial charge is 0.132 e. The first-order chi connectivity index (χ1) is 16.5. The number of fused-ring (bicyclic) bond motifs is 1. The van der Waals surface area contributed by atoms with Gasteiger partial charge in [0.1, 0.15) is 11.5 Å². The molecule has 2 aromatic carbocycles. The zero-order valence-electron chi connectivity index (χ0n) is 20.7. The van der Waals surface area contributed by atoms with Gasteiger partial charge in [-0.2, -0.15) is 5.26 Å². The van der Waals surface area contributed by atoms with Gasteiger partial charge in [-0.3, -0.25) is 9.88 Å². The van der Waals surface area contributed by atoms with E-state index in [0.29, 0.717) is 30.3 Å². The van der Waals surface area contributed by atoms with Gasteiger partial charge >= 0.3 is 0 Å². The molecule has 0 amide bonds. The van der Waals surface area contributed by atoms with Gasteiger partial charge in [0.15, 0.2) is 0 Å². The van der Waals surface area contributed by atoms with Crippen LogP contribution < -0.4 is 9.47 Å². The Balaban J connectivity index is 1.95. The third-order valence-electron chi connectivity index (χ3n) is 6.46. The summed E-state index contributed by atoms with van der Waals surface area (Å²) in [6, 6.07) is 14.2. The molecule has 0 unspecified atom stereocenters. The average Bonchev–Trinajstić information content (AvgIpc) is 3.04. The maximum atomic E-state index is 9.62. The summed E-state index contributed by atoms with van der Waals surface area (Å²) in [6.07, 6.45) is 1.14. The van der Waals surface area contributed by atoms with Crippen molar-refractivity contribution in [3.8, 4) is 28.7 Å². The maximum absolute atomic E-state index is 9.62. The molecule has 6 heteroatoms. The maximum Gasteiger partial charge on any atom is 0.132 e. The zero-order valence-corrected chi connectivity index (χ0v) is 20.7. The number of ether oxygens (including phenoxy) is 2. The topological polar surface area (TPSA) is 61.6 Å². The molecule has 34 heavy (non-hydrogen) atoms. The van der Waals surface area contributed by atoms with E-state index in [1.54, 1.807) is 0 Å². The summed E-state index contributed by atoms with van der Waals surface area (Å²) in [6.45, 7) is 12.1. The monoisotopic (exact) mass is 458 g/mol. The number of para-hydroxylation sites is 1. The van der Waals surface area contributed by atoms with Gasteiger partial charge in [-0.25, -0.2) is 0 Å². The van der Waals surface area contributed by atoms with E-state index in [1.807, 2.05) is 32.0 Å². The van der Waals surface area contributed by atoms with Gasteiger partial charge in [0.25, 0.3) is 0 Å². The molecule has 0 saturated carbocycles. The quantitative estimate of drug-likeness (QED) is 0.496. The second-order valence-corrected chi connectivity index (χ2v) is 8.83. The van der Waals surface area contributed by atoms with Gasteiger partial charge in [0.05, 0.1) is 41.6 Å².